The summed E-state index contributed by atoms with van der Waals surface area (Å²) in [6, 6.07) is 14.1. The lowest BCUT2D eigenvalue weighted by atomic mass is 10.1. The van der Waals surface area contributed by atoms with Crippen molar-refractivity contribution in [2.45, 2.75) is 33.8 Å². The molecule has 0 saturated carbocycles. The van der Waals surface area contributed by atoms with Gasteiger partial charge >= 0.3 is 5.97 Å². The van der Waals surface area contributed by atoms with E-state index in [-0.39, 0.29) is 6.10 Å². The number of rotatable bonds is 4. The maximum Gasteiger partial charge on any atom is 0.361 e. The molecule has 0 bridgehead atoms. The molecule has 1 saturated heterocycles. The Kier molecular flexibility index (Phi) is 5.57. The second-order valence-corrected chi connectivity index (χ2v) is 8.03. The van der Waals surface area contributed by atoms with Gasteiger partial charge in [0.1, 0.15) is 0 Å². The SMILES string of the molecule is Cc1cccc(N2CCN(c3nc4ccccc4nc3C(=O)OC(C)C)CC2)c1C. The highest BCUT2D eigenvalue weighted by Gasteiger charge is 2.26. The zero-order chi connectivity index (χ0) is 21.3. The quantitative estimate of drug-likeness (QED) is 0.609. The topological polar surface area (TPSA) is 58.6 Å². The Labute approximate surface area is 177 Å². The standard InChI is InChI=1S/C24H28N4O2/c1-16(2)30-24(29)22-23(26-20-10-6-5-9-19(20)25-22)28-14-12-27(13-15-28)21-11-7-8-17(3)18(21)4/h5-11,16H,12-15H2,1-4H3. The highest BCUT2D eigenvalue weighted by atomic mass is 16.5. The molecule has 0 spiro atoms. The maximum atomic E-state index is 12.8. The van der Waals surface area contributed by atoms with Gasteiger partial charge < -0.3 is 14.5 Å². The Morgan fingerprint density at radius 1 is 0.900 bits per heavy atom. The number of ether oxygens (including phenoxy) is 1. The van der Waals surface area contributed by atoms with Crippen molar-refractivity contribution in [3.05, 3.63) is 59.3 Å². The van der Waals surface area contributed by atoms with Crippen molar-refractivity contribution in [1.29, 1.82) is 0 Å². The number of hydrogen-bond donors (Lipinski definition) is 0. The Morgan fingerprint density at radius 2 is 1.53 bits per heavy atom. The van der Waals surface area contributed by atoms with E-state index in [2.05, 4.69) is 46.8 Å². The van der Waals surface area contributed by atoms with Crippen LogP contribution in [0.1, 0.15) is 35.5 Å². The average molecular weight is 405 g/mol. The van der Waals surface area contributed by atoms with Gasteiger partial charge in [0.2, 0.25) is 0 Å². The molecule has 6 nitrogen and oxygen atoms in total. The van der Waals surface area contributed by atoms with E-state index in [4.69, 9.17) is 9.72 Å². The Bertz CT molecular complexity index is 1070. The molecular weight excluding hydrogens is 376 g/mol. The summed E-state index contributed by atoms with van der Waals surface area (Å²) in [6.07, 6.45) is -0.209. The third kappa shape index (κ3) is 3.95. The van der Waals surface area contributed by atoms with Crippen LogP contribution in [0.15, 0.2) is 42.5 Å². The first kappa shape index (κ1) is 20.1. The summed E-state index contributed by atoms with van der Waals surface area (Å²) in [5.74, 6) is 0.190. The minimum atomic E-state index is -0.421. The van der Waals surface area contributed by atoms with Gasteiger partial charge in [-0.1, -0.05) is 24.3 Å². The number of carbonyl (C=O) groups excluding carboxylic acids is 1. The van der Waals surface area contributed by atoms with E-state index in [9.17, 15) is 4.79 Å². The number of esters is 1. The molecular formula is C24H28N4O2. The van der Waals surface area contributed by atoms with E-state index >= 15 is 0 Å². The second-order valence-electron chi connectivity index (χ2n) is 8.03. The van der Waals surface area contributed by atoms with Gasteiger partial charge in [-0.25, -0.2) is 14.8 Å². The third-order valence-electron chi connectivity index (χ3n) is 5.58. The first-order chi connectivity index (χ1) is 14.4. The molecule has 1 aromatic heterocycles. The number of benzene rings is 2. The van der Waals surface area contributed by atoms with Crippen LogP contribution in [-0.2, 0) is 4.74 Å². The van der Waals surface area contributed by atoms with E-state index in [1.54, 1.807) is 0 Å². The van der Waals surface area contributed by atoms with Crippen molar-refractivity contribution in [2.75, 3.05) is 36.0 Å². The number of aromatic nitrogens is 2. The fourth-order valence-corrected chi connectivity index (χ4v) is 3.86. The largest absolute Gasteiger partial charge is 0.458 e. The summed E-state index contributed by atoms with van der Waals surface area (Å²) in [5.41, 5.74) is 5.67. The number of piperazine rings is 1. The van der Waals surface area contributed by atoms with Gasteiger partial charge in [0.05, 0.1) is 17.1 Å². The lowest BCUT2D eigenvalue weighted by Gasteiger charge is -2.38. The predicted octanol–water partition coefficient (Wildman–Crippen LogP) is 4.14. The van der Waals surface area contributed by atoms with Crippen molar-refractivity contribution in [3.8, 4) is 0 Å². The minimum absolute atomic E-state index is 0.209. The minimum Gasteiger partial charge on any atom is -0.458 e. The van der Waals surface area contributed by atoms with Gasteiger partial charge in [-0.05, 0) is 57.0 Å². The van der Waals surface area contributed by atoms with Crippen LogP contribution in [0.25, 0.3) is 11.0 Å². The molecule has 0 amide bonds. The van der Waals surface area contributed by atoms with Gasteiger partial charge in [0, 0.05) is 31.9 Å². The van der Waals surface area contributed by atoms with Crippen LogP contribution < -0.4 is 9.80 Å². The molecule has 1 aliphatic heterocycles. The van der Waals surface area contributed by atoms with Crippen molar-refractivity contribution < 1.29 is 9.53 Å². The molecule has 156 valence electrons. The van der Waals surface area contributed by atoms with Crippen LogP contribution in [0.5, 0.6) is 0 Å². The van der Waals surface area contributed by atoms with E-state index in [1.807, 2.05) is 38.1 Å². The first-order valence-electron chi connectivity index (χ1n) is 10.5. The fourth-order valence-electron chi connectivity index (χ4n) is 3.86. The van der Waals surface area contributed by atoms with Crippen LogP contribution in [0.2, 0.25) is 0 Å². The highest BCUT2D eigenvalue weighted by Crippen LogP contribution is 2.27. The molecule has 2 heterocycles. The fraction of sp³-hybridized carbons (Fsp3) is 0.375. The highest BCUT2D eigenvalue weighted by molar-refractivity contribution is 5.95. The van der Waals surface area contributed by atoms with E-state index in [1.165, 1.54) is 16.8 Å². The predicted molar refractivity (Wildman–Crippen MR) is 120 cm³/mol. The van der Waals surface area contributed by atoms with Crippen molar-refractivity contribution >= 4 is 28.5 Å². The molecule has 0 aliphatic carbocycles. The molecule has 0 N–H and O–H groups in total. The Morgan fingerprint density at radius 3 is 2.20 bits per heavy atom. The van der Waals surface area contributed by atoms with Gasteiger partial charge in [-0.3, -0.25) is 0 Å². The average Bonchev–Trinajstić information content (AvgIpc) is 2.74. The molecule has 4 rings (SSSR count). The summed E-state index contributed by atoms with van der Waals surface area (Å²) in [6.45, 7) is 11.3. The number of nitrogens with zero attached hydrogens (tertiary/aromatic N) is 4. The number of anilines is 2. The van der Waals surface area contributed by atoms with Crippen LogP contribution in [0.3, 0.4) is 0 Å². The number of carbonyl (C=O) groups is 1. The number of para-hydroxylation sites is 2. The summed E-state index contributed by atoms with van der Waals surface area (Å²) >= 11 is 0. The normalized spacial score (nSPS) is 14.4. The molecule has 3 aromatic rings. The molecule has 1 aliphatic rings. The molecule has 0 radical (unpaired) electrons. The summed E-state index contributed by atoms with van der Waals surface area (Å²) in [4.78, 5) is 26.7. The second kappa shape index (κ2) is 8.30. The van der Waals surface area contributed by atoms with Gasteiger partial charge in [-0.15, -0.1) is 0 Å². The summed E-state index contributed by atoms with van der Waals surface area (Å²) in [7, 11) is 0. The zero-order valence-electron chi connectivity index (χ0n) is 18.1. The molecule has 0 unspecified atom stereocenters. The van der Waals surface area contributed by atoms with Crippen LogP contribution in [0, 0.1) is 13.8 Å². The van der Waals surface area contributed by atoms with E-state index in [0.717, 1.165) is 31.7 Å². The number of fused-ring (bicyclic) bond motifs is 1. The van der Waals surface area contributed by atoms with Crippen LogP contribution >= 0.6 is 0 Å². The number of aryl methyl sites for hydroxylation is 1. The smallest absolute Gasteiger partial charge is 0.361 e. The maximum absolute atomic E-state index is 12.8. The zero-order valence-corrected chi connectivity index (χ0v) is 18.1. The van der Waals surface area contributed by atoms with Crippen LogP contribution in [0.4, 0.5) is 11.5 Å². The molecule has 2 aromatic carbocycles. The van der Waals surface area contributed by atoms with E-state index < -0.39 is 5.97 Å². The van der Waals surface area contributed by atoms with Gasteiger partial charge in [0.25, 0.3) is 0 Å². The van der Waals surface area contributed by atoms with E-state index in [0.29, 0.717) is 17.0 Å². The summed E-state index contributed by atoms with van der Waals surface area (Å²) in [5, 5.41) is 0. The lowest BCUT2D eigenvalue weighted by Crippen LogP contribution is -2.47. The molecule has 1 fully saturated rings. The van der Waals surface area contributed by atoms with Crippen molar-refractivity contribution in [1.82, 2.24) is 9.97 Å². The monoisotopic (exact) mass is 404 g/mol. The van der Waals surface area contributed by atoms with Crippen molar-refractivity contribution in [2.24, 2.45) is 0 Å². The third-order valence-corrected chi connectivity index (χ3v) is 5.58. The van der Waals surface area contributed by atoms with Gasteiger partial charge in [-0.2, -0.15) is 0 Å². The summed E-state index contributed by atoms with van der Waals surface area (Å²) < 4.78 is 5.46. The molecule has 30 heavy (non-hydrogen) atoms. The Balaban J connectivity index is 1.63. The van der Waals surface area contributed by atoms with Crippen molar-refractivity contribution in [3.63, 3.8) is 0 Å². The molecule has 0 atom stereocenters. The molecule has 6 heteroatoms. The van der Waals surface area contributed by atoms with Gasteiger partial charge in [0.15, 0.2) is 11.5 Å². The first-order valence-corrected chi connectivity index (χ1v) is 10.5. The lowest BCUT2D eigenvalue weighted by molar-refractivity contribution is 0.0371. The number of hydrogen-bond acceptors (Lipinski definition) is 6. The van der Waals surface area contributed by atoms with Crippen LogP contribution in [-0.4, -0.2) is 48.2 Å². The Hall–Kier alpha value is -3.15.